The topological polar surface area (TPSA) is 402 Å². The molecular formula is C42H58N8O16. The van der Waals surface area contributed by atoms with Crippen molar-refractivity contribution >= 4 is 59.3 Å². The predicted molar refractivity (Wildman–Crippen MR) is 230 cm³/mol. The fourth-order valence-corrected chi connectivity index (χ4v) is 6.10. The van der Waals surface area contributed by atoms with Crippen LogP contribution in [0.2, 0.25) is 0 Å². The number of nitrogens with one attached hydrogen (secondary N) is 7. The second-order valence-electron chi connectivity index (χ2n) is 16.0. The van der Waals surface area contributed by atoms with Crippen molar-refractivity contribution in [2.75, 3.05) is 13.2 Å². The maximum atomic E-state index is 14.0. The minimum Gasteiger partial charge on any atom is -0.508 e. The van der Waals surface area contributed by atoms with Gasteiger partial charge in [-0.25, -0.2) is 4.79 Å². The standard InChI is InChI=1S/C42H58N8O16/c1-20(2)13-31(42(65)66)45-32(54)18-44-41(64)35(21(3)4)50-40(63)30(17-34(57)58)49-39(62)29(16-33(55)56)48-38(61)28(15-23-7-11-25(53)12-8-23)47-37(60)27(46-36(59)26(43)19-51)14-22-5-9-24(52)10-6-22/h5-12,20-21,26-31,35,51-53H,13-19,43H2,1-4H3,(H,44,64)(H,45,54)(H,46,59)(H,47,60)(H,48,61)(H,49,62)(H,50,63)(H,55,56)(H,57,58)(H,65,66)/t26-,27-,28-,29-,30-,31-,35-/m0/s1. The molecule has 24 nitrogen and oxygen atoms in total. The van der Waals surface area contributed by atoms with Gasteiger partial charge in [0.05, 0.1) is 26.0 Å². The highest BCUT2D eigenvalue weighted by atomic mass is 16.4. The lowest BCUT2D eigenvalue weighted by Crippen LogP contribution is -2.61. The van der Waals surface area contributed by atoms with E-state index < -0.39 is 133 Å². The van der Waals surface area contributed by atoms with Gasteiger partial charge < -0.3 is 73.6 Å². The van der Waals surface area contributed by atoms with E-state index in [1.807, 2.05) is 0 Å². The van der Waals surface area contributed by atoms with Crippen LogP contribution in [0, 0.1) is 11.8 Å². The van der Waals surface area contributed by atoms with Crippen molar-refractivity contribution in [2.24, 2.45) is 17.6 Å². The number of hydrogen-bond acceptors (Lipinski definition) is 14. The highest BCUT2D eigenvalue weighted by Crippen LogP contribution is 2.15. The van der Waals surface area contributed by atoms with E-state index in [0.717, 1.165) is 0 Å². The maximum Gasteiger partial charge on any atom is 0.326 e. The molecule has 0 aromatic heterocycles. The Balaban J connectivity index is 2.38. The molecule has 7 atom stereocenters. The number of aliphatic hydroxyl groups excluding tert-OH is 1. The molecule has 0 aliphatic carbocycles. The average Bonchev–Trinajstić information content (AvgIpc) is 3.23. The molecule has 0 saturated heterocycles. The number of rotatable bonds is 27. The number of aliphatic hydroxyl groups is 1. The molecule has 0 radical (unpaired) electrons. The van der Waals surface area contributed by atoms with Crippen molar-refractivity contribution < 1.29 is 78.6 Å². The first kappa shape index (κ1) is 54.8. The van der Waals surface area contributed by atoms with Crippen molar-refractivity contribution in [1.82, 2.24) is 37.2 Å². The third kappa shape index (κ3) is 19.2. The highest BCUT2D eigenvalue weighted by Gasteiger charge is 2.35. The van der Waals surface area contributed by atoms with Crippen LogP contribution in [0.25, 0.3) is 0 Å². The lowest BCUT2D eigenvalue weighted by atomic mass is 10.0. The third-order valence-electron chi connectivity index (χ3n) is 9.59. The summed E-state index contributed by atoms with van der Waals surface area (Å²) in [7, 11) is 0. The number of carbonyl (C=O) groups is 10. The molecule has 15 N–H and O–H groups in total. The first-order chi connectivity index (χ1) is 30.9. The smallest absolute Gasteiger partial charge is 0.326 e. The molecule has 0 heterocycles. The number of aliphatic carboxylic acids is 3. The monoisotopic (exact) mass is 930 g/mol. The Morgan fingerprint density at radius 1 is 0.530 bits per heavy atom. The van der Waals surface area contributed by atoms with Gasteiger partial charge in [-0.05, 0) is 53.6 Å². The van der Waals surface area contributed by atoms with Gasteiger partial charge in [-0.1, -0.05) is 52.0 Å². The molecule has 0 spiro atoms. The maximum absolute atomic E-state index is 14.0. The summed E-state index contributed by atoms with van der Waals surface area (Å²) < 4.78 is 0. The Bertz CT molecular complexity index is 2050. The number of carboxylic acids is 3. The largest absolute Gasteiger partial charge is 0.508 e. The zero-order valence-electron chi connectivity index (χ0n) is 36.6. The summed E-state index contributed by atoms with van der Waals surface area (Å²) in [5, 5.41) is 73.7. The molecular weight excluding hydrogens is 873 g/mol. The summed E-state index contributed by atoms with van der Waals surface area (Å²) in [5.41, 5.74) is 6.39. The summed E-state index contributed by atoms with van der Waals surface area (Å²) in [4.78, 5) is 129. The van der Waals surface area contributed by atoms with Crippen LogP contribution in [0.4, 0.5) is 0 Å². The van der Waals surface area contributed by atoms with E-state index in [2.05, 4.69) is 37.2 Å². The number of carboxylic acid groups (broad SMARTS) is 3. The van der Waals surface area contributed by atoms with Gasteiger partial charge in [0.25, 0.3) is 0 Å². The zero-order valence-corrected chi connectivity index (χ0v) is 36.6. The first-order valence-electron chi connectivity index (χ1n) is 20.6. The minimum atomic E-state index is -2.04. The molecule has 0 unspecified atom stereocenters. The number of nitrogens with two attached hydrogens (primary N) is 1. The normalized spacial score (nSPS) is 14.2. The first-order valence-corrected chi connectivity index (χ1v) is 20.6. The number of hydrogen-bond donors (Lipinski definition) is 14. The molecule has 0 aliphatic rings. The Morgan fingerprint density at radius 3 is 1.30 bits per heavy atom. The summed E-state index contributed by atoms with van der Waals surface area (Å²) in [6, 6.07) is -0.532. The summed E-state index contributed by atoms with van der Waals surface area (Å²) in [6.07, 6.45) is -2.76. The Kier molecular flexibility index (Phi) is 22.0. The Hall–Kier alpha value is -7.34. The molecule has 2 rings (SSSR count). The molecule has 0 saturated carbocycles. The number of amides is 7. The minimum absolute atomic E-state index is 0.0946. The van der Waals surface area contributed by atoms with E-state index in [1.54, 1.807) is 13.8 Å². The van der Waals surface area contributed by atoms with Gasteiger partial charge >= 0.3 is 17.9 Å². The van der Waals surface area contributed by atoms with E-state index in [9.17, 15) is 78.6 Å². The summed E-state index contributed by atoms with van der Waals surface area (Å²) >= 11 is 0. The molecule has 362 valence electrons. The molecule has 66 heavy (non-hydrogen) atoms. The van der Waals surface area contributed by atoms with E-state index in [0.29, 0.717) is 11.1 Å². The lowest BCUT2D eigenvalue weighted by Gasteiger charge is -2.27. The van der Waals surface area contributed by atoms with Crippen molar-refractivity contribution in [2.45, 2.75) is 102 Å². The second kappa shape index (κ2) is 26.4. The summed E-state index contributed by atoms with van der Waals surface area (Å²) in [5.74, 6) is -13.2. The molecule has 0 bridgehead atoms. The number of phenolic OH excluding ortho intramolecular Hbond substituents is 2. The molecule has 2 aromatic rings. The van der Waals surface area contributed by atoms with E-state index in [-0.39, 0.29) is 36.7 Å². The van der Waals surface area contributed by atoms with Gasteiger partial charge in [0.2, 0.25) is 41.4 Å². The van der Waals surface area contributed by atoms with Gasteiger partial charge in [-0.2, -0.15) is 0 Å². The number of benzene rings is 2. The van der Waals surface area contributed by atoms with Crippen LogP contribution in [-0.2, 0) is 60.8 Å². The van der Waals surface area contributed by atoms with E-state index >= 15 is 0 Å². The van der Waals surface area contributed by atoms with Crippen LogP contribution in [0.5, 0.6) is 11.5 Å². The number of carbonyl (C=O) groups excluding carboxylic acids is 7. The van der Waals surface area contributed by atoms with E-state index in [4.69, 9.17) is 5.73 Å². The van der Waals surface area contributed by atoms with Crippen LogP contribution < -0.4 is 43.0 Å². The van der Waals surface area contributed by atoms with Gasteiger partial charge in [-0.3, -0.25) is 43.2 Å². The molecule has 2 aromatic carbocycles. The highest BCUT2D eigenvalue weighted by molar-refractivity contribution is 5.99. The number of phenols is 2. The van der Waals surface area contributed by atoms with Crippen LogP contribution in [0.3, 0.4) is 0 Å². The van der Waals surface area contributed by atoms with Crippen molar-refractivity contribution in [3.05, 3.63) is 59.7 Å². The Labute approximate surface area is 378 Å². The van der Waals surface area contributed by atoms with Crippen LogP contribution in [0.15, 0.2) is 48.5 Å². The van der Waals surface area contributed by atoms with Gasteiger partial charge in [-0.15, -0.1) is 0 Å². The summed E-state index contributed by atoms with van der Waals surface area (Å²) in [6.45, 7) is 4.95. The van der Waals surface area contributed by atoms with Crippen LogP contribution in [-0.4, -0.2) is 145 Å². The van der Waals surface area contributed by atoms with E-state index in [1.165, 1.54) is 62.4 Å². The number of aromatic hydroxyl groups is 2. The molecule has 0 fully saturated rings. The van der Waals surface area contributed by atoms with Gasteiger partial charge in [0, 0.05) is 12.8 Å². The van der Waals surface area contributed by atoms with Crippen molar-refractivity contribution in [3.63, 3.8) is 0 Å². The average molecular weight is 931 g/mol. The van der Waals surface area contributed by atoms with Crippen LogP contribution >= 0.6 is 0 Å². The van der Waals surface area contributed by atoms with Crippen molar-refractivity contribution in [3.8, 4) is 11.5 Å². The molecule has 0 aliphatic heterocycles. The van der Waals surface area contributed by atoms with Crippen LogP contribution in [0.1, 0.15) is 58.1 Å². The van der Waals surface area contributed by atoms with Gasteiger partial charge in [0.1, 0.15) is 53.8 Å². The fraction of sp³-hybridized carbons (Fsp3) is 0.476. The zero-order chi connectivity index (χ0) is 49.8. The third-order valence-corrected chi connectivity index (χ3v) is 9.59. The lowest BCUT2D eigenvalue weighted by molar-refractivity contribution is -0.143. The van der Waals surface area contributed by atoms with Gasteiger partial charge in [0.15, 0.2) is 0 Å². The van der Waals surface area contributed by atoms with Crippen molar-refractivity contribution in [1.29, 1.82) is 0 Å². The molecule has 7 amide bonds. The second-order valence-corrected chi connectivity index (χ2v) is 16.0. The quantitative estimate of drug-likeness (QED) is 0.0424. The predicted octanol–water partition coefficient (Wildman–Crippen LogP) is -3.04. The SMILES string of the molecule is CC(C)C[C@H](NC(=O)CNC(=O)[C@@H](NC(=O)[C@H](CC(=O)O)NC(=O)[C@H](CC(=O)O)NC(=O)[C@H](Cc1ccc(O)cc1)NC(=O)[C@H](Cc1ccc(O)cc1)NC(=O)[C@@H](N)CO)C(C)C)C(=O)O. The Morgan fingerprint density at radius 2 is 0.924 bits per heavy atom. The fourth-order valence-electron chi connectivity index (χ4n) is 6.10. The molecule has 24 heteroatoms.